The van der Waals surface area contributed by atoms with Crippen LogP contribution in [-0.2, 0) is 6.42 Å². The summed E-state index contributed by atoms with van der Waals surface area (Å²) in [6, 6.07) is 7.27. The summed E-state index contributed by atoms with van der Waals surface area (Å²) in [5.74, 6) is 0.318. The van der Waals surface area contributed by atoms with Crippen LogP contribution in [0.5, 0.6) is 5.75 Å². The molecule has 0 heterocycles. The first-order chi connectivity index (χ1) is 6.33. The molecule has 0 saturated carbocycles. The third-order valence-electron chi connectivity index (χ3n) is 1.85. The summed E-state index contributed by atoms with van der Waals surface area (Å²) in [7, 11) is 0. The van der Waals surface area contributed by atoms with E-state index in [4.69, 9.17) is 10.8 Å². The average molecular weight is 180 g/mol. The van der Waals surface area contributed by atoms with Gasteiger partial charge in [0, 0.05) is 13.1 Å². The summed E-state index contributed by atoms with van der Waals surface area (Å²) < 4.78 is 0. The van der Waals surface area contributed by atoms with Crippen molar-refractivity contribution >= 4 is 0 Å². The quantitative estimate of drug-likeness (QED) is 0.578. The maximum Gasteiger partial charge on any atom is 0.115 e. The van der Waals surface area contributed by atoms with Crippen LogP contribution in [0, 0.1) is 0 Å². The summed E-state index contributed by atoms with van der Waals surface area (Å²) in [6.07, 6.45) is 0.972. The topological polar surface area (TPSA) is 58.3 Å². The predicted octanol–water partition coefficient (Wildman–Crippen LogP) is 0.483. The maximum absolute atomic E-state index is 9.03. The van der Waals surface area contributed by atoms with E-state index in [0.717, 1.165) is 19.5 Å². The van der Waals surface area contributed by atoms with Crippen molar-refractivity contribution < 1.29 is 5.11 Å². The first kappa shape index (κ1) is 10.0. The van der Waals surface area contributed by atoms with Gasteiger partial charge in [0.2, 0.25) is 0 Å². The minimum absolute atomic E-state index is 0.318. The van der Waals surface area contributed by atoms with Crippen molar-refractivity contribution in [2.75, 3.05) is 19.6 Å². The van der Waals surface area contributed by atoms with E-state index in [0.29, 0.717) is 12.3 Å². The molecule has 0 atom stereocenters. The molecular weight excluding hydrogens is 164 g/mol. The number of phenolic OH excluding ortho intramolecular Hbond substituents is 1. The standard InChI is InChI=1S/C10H16N2O/c11-6-8-12-7-5-9-1-3-10(13)4-2-9/h1-4,12-13H,5-8,11H2. The van der Waals surface area contributed by atoms with Gasteiger partial charge in [-0.25, -0.2) is 0 Å². The Hall–Kier alpha value is -1.06. The van der Waals surface area contributed by atoms with E-state index in [1.807, 2.05) is 12.1 Å². The molecule has 0 aromatic heterocycles. The van der Waals surface area contributed by atoms with Crippen molar-refractivity contribution in [2.24, 2.45) is 5.73 Å². The number of nitrogens with one attached hydrogen (secondary N) is 1. The van der Waals surface area contributed by atoms with Gasteiger partial charge in [-0.2, -0.15) is 0 Å². The average Bonchev–Trinajstić information content (AvgIpc) is 2.15. The summed E-state index contributed by atoms with van der Waals surface area (Å²) in [4.78, 5) is 0. The maximum atomic E-state index is 9.03. The van der Waals surface area contributed by atoms with Gasteiger partial charge in [-0.05, 0) is 30.7 Å². The summed E-state index contributed by atoms with van der Waals surface area (Å²) in [5.41, 5.74) is 6.56. The highest BCUT2D eigenvalue weighted by Crippen LogP contribution is 2.09. The Kier molecular flexibility index (Phi) is 4.29. The molecule has 3 nitrogen and oxygen atoms in total. The largest absolute Gasteiger partial charge is 0.508 e. The minimum Gasteiger partial charge on any atom is -0.508 e. The van der Waals surface area contributed by atoms with E-state index in [1.165, 1.54) is 5.56 Å². The molecule has 4 N–H and O–H groups in total. The molecule has 1 aromatic rings. The molecule has 0 aliphatic heterocycles. The molecular formula is C10H16N2O. The van der Waals surface area contributed by atoms with E-state index in [2.05, 4.69) is 5.32 Å². The van der Waals surface area contributed by atoms with Gasteiger partial charge in [0.15, 0.2) is 0 Å². The van der Waals surface area contributed by atoms with E-state index in [9.17, 15) is 0 Å². The zero-order chi connectivity index (χ0) is 9.52. The monoisotopic (exact) mass is 180 g/mol. The van der Waals surface area contributed by atoms with Crippen LogP contribution in [0.4, 0.5) is 0 Å². The van der Waals surface area contributed by atoms with Crippen LogP contribution >= 0.6 is 0 Å². The lowest BCUT2D eigenvalue weighted by molar-refractivity contribution is 0.475. The molecule has 0 unspecified atom stereocenters. The molecule has 0 amide bonds. The molecule has 13 heavy (non-hydrogen) atoms. The van der Waals surface area contributed by atoms with Crippen molar-refractivity contribution in [1.82, 2.24) is 5.32 Å². The molecule has 1 aromatic carbocycles. The fraction of sp³-hybridized carbons (Fsp3) is 0.400. The number of rotatable bonds is 5. The first-order valence-corrected chi connectivity index (χ1v) is 4.51. The van der Waals surface area contributed by atoms with Crippen LogP contribution in [0.15, 0.2) is 24.3 Å². The zero-order valence-corrected chi connectivity index (χ0v) is 7.66. The van der Waals surface area contributed by atoms with Gasteiger partial charge >= 0.3 is 0 Å². The number of phenols is 1. The van der Waals surface area contributed by atoms with E-state index >= 15 is 0 Å². The summed E-state index contributed by atoms with van der Waals surface area (Å²) >= 11 is 0. The van der Waals surface area contributed by atoms with Crippen LogP contribution in [0.3, 0.4) is 0 Å². The lowest BCUT2D eigenvalue weighted by Crippen LogP contribution is -2.24. The van der Waals surface area contributed by atoms with E-state index in [-0.39, 0.29) is 0 Å². The van der Waals surface area contributed by atoms with Gasteiger partial charge in [0.25, 0.3) is 0 Å². The highest BCUT2D eigenvalue weighted by molar-refractivity contribution is 5.25. The van der Waals surface area contributed by atoms with E-state index in [1.54, 1.807) is 12.1 Å². The zero-order valence-electron chi connectivity index (χ0n) is 7.66. The van der Waals surface area contributed by atoms with Crippen LogP contribution in [0.1, 0.15) is 5.56 Å². The second-order valence-corrected chi connectivity index (χ2v) is 2.96. The molecule has 0 aliphatic rings. The Labute approximate surface area is 78.6 Å². The molecule has 0 aliphatic carbocycles. The minimum atomic E-state index is 0.318. The molecule has 72 valence electrons. The number of hydrogen-bond donors (Lipinski definition) is 3. The number of benzene rings is 1. The third-order valence-corrected chi connectivity index (χ3v) is 1.85. The lowest BCUT2D eigenvalue weighted by atomic mass is 10.1. The van der Waals surface area contributed by atoms with Crippen molar-refractivity contribution in [1.29, 1.82) is 0 Å². The van der Waals surface area contributed by atoms with Crippen LogP contribution in [-0.4, -0.2) is 24.7 Å². The predicted molar refractivity (Wildman–Crippen MR) is 53.7 cm³/mol. The summed E-state index contributed by atoms with van der Waals surface area (Å²) in [6.45, 7) is 2.47. The second-order valence-electron chi connectivity index (χ2n) is 2.96. The van der Waals surface area contributed by atoms with Crippen molar-refractivity contribution in [3.63, 3.8) is 0 Å². The lowest BCUT2D eigenvalue weighted by Gasteiger charge is -2.02. The normalized spacial score (nSPS) is 10.2. The second kappa shape index (κ2) is 5.56. The van der Waals surface area contributed by atoms with Gasteiger partial charge in [-0.15, -0.1) is 0 Å². The van der Waals surface area contributed by atoms with Crippen LogP contribution in [0.25, 0.3) is 0 Å². The highest BCUT2D eigenvalue weighted by Gasteiger charge is 1.92. The van der Waals surface area contributed by atoms with Gasteiger partial charge < -0.3 is 16.2 Å². The molecule has 0 bridgehead atoms. The Morgan fingerprint density at radius 3 is 2.46 bits per heavy atom. The number of aromatic hydroxyl groups is 1. The first-order valence-electron chi connectivity index (χ1n) is 4.51. The fourth-order valence-electron chi connectivity index (χ4n) is 1.12. The smallest absolute Gasteiger partial charge is 0.115 e. The highest BCUT2D eigenvalue weighted by atomic mass is 16.3. The molecule has 0 saturated heterocycles. The van der Waals surface area contributed by atoms with Crippen LogP contribution < -0.4 is 11.1 Å². The van der Waals surface area contributed by atoms with Gasteiger partial charge in [0.1, 0.15) is 5.75 Å². The van der Waals surface area contributed by atoms with Crippen LogP contribution in [0.2, 0.25) is 0 Å². The molecule has 1 rings (SSSR count). The SMILES string of the molecule is NCCNCCc1ccc(O)cc1. The summed E-state index contributed by atoms with van der Waals surface area (Å²) in [5, 5.41) is 12.2. The Morgan fingerprint density at radius 1 is 1.15 bits per heavy atom. The third kappa shape index (κ3) is 3.92. The van der Waals surface area contributed by atoms with Gasteiger partial charge in [0.05, 0.1) is 0 Å². The Bertz CT molecular complexity index is 233. The van der Waals surface area contributed by atoms with E-state index < -0.39 is 0 Å². The van der Waals surface area contributed by atoms with Gasteiger partial charge in [-0.3, -0.25) is 0 Å². The molecule has 3 heteroatoms. The molecule has 0 spiro atoms. The van der Waals surface area contributed by atoms with Crippen molar-refractivity contribution in [2.45, 2.75) is 6.42 Å². The van der Waals surface area contributed by atoms with Gasteiger partial charge in [-0.1, -0.05) is 12.1 Å². The van der Waals surface area contributed by atoms with Crippen molar-refractivity contribution in [3.8, 4) is 5.75 Å². The molecule has 0 fully saturated rings. The number of hydrogen-bond acceptors (Lipinski definition) is 3. The Balaban J connectivity index is 2.25. The number of nitrogens with two attached hydrogens (primary N) is 1. The fourth-order valence-corrected chi connectivity index (χ4v) is 1.12. The molecule has 0 radical (unpaired) electrons. The Morgan fingerprint density at radius 2 is 1.85 bits per heavy atom. The van der Waals surface area contributed by atoms with Crippen molar-refractivity contribution in [3.05, 3.63) is 29.8 Å².